The number of nitrogens with one attached hydrogen (secondary N) is 1. The predicted molar refractivity (Wildman–Crippen MR) is 92.1 cm³/mol. The van der Waals surface area contributed by atoms with Crippen molar-refractivity contribution in [1.82, 2.24) is 5.43 Å². The molecule has 2 rings (SSSR count). The smallest absolute Gasteiger partial charge is 0.0511 e. The fraction of sp³-hybridized carbons (Fsp3) is 0.143. The number of halogens is 3. The SMILES string of the molecule is NNC(Cc1cccc(Cl)c1)c1cc(I)ccc1Br. The van der Waals surface area contributed by atoms with Crippen molar-refractivity contribution in [2.75, 3.05) is 0 Å². The van der Waals surface area contributed by atoms with E-state index in [0.717, 1.165) is 27.0 Å². The Bertz CT molecular complexity index is 577. The van der Waals surface area contributed by atoms with Crippen LogP contribution in [0.2, 0.25) is 5.02 Å². The summed E-state index contributed by atoms with van der Waals surface area (Å²) < 4.78 is 2.24. The summed E-state index contributed by atoms with van der Waals surface area (Å²) in [5, 5.41) is 0.745. The lowest BCUT2D eigenvalue weighted by Gasteiger charge is -2.18. The van der Waals surface area contributed by atoms with E-state index in [9.17, 15) is 0 Å². The minimum Gasteiger partial charge on any atom is -0.271 e. The topological polar surface area (TPSA) is 38.0 Å². The third kappa shape index (κ3) is 4.16. The van der Waals surface area contributed by atoms with Crippen LogP contribution in [0.25, 0.3) is 0 Å². The van der Waals surface area contributed by atoms with Gasteiger partial charge in [-0.3, -0.25) is 11.3 Å². The first-order valence-electron chi connectivity index (χ1n) is 5.75. The number of hydrogen-bond donors (Lipinski definition) is 2. The molecule has 100 valence electrons. The van der Waals surface area contributed by atoms with Crippen molar-refractivity contribution in [3.05, 3.63) is 66.7 Å². The van der Waals surface area contributed by atoms with E-state index in [2.05, 4.69) is 62.1 Å². The van der Waals surface area contributed by atoms with Gasteiger partial charge in [-0.15, -0.1) is 0 Å². The normalized spacial score (nSPS) is 12.4. The Morgan fingerprint density at radius 2 is 2.05 bits per heavy atom. The summed E-state index contributed by atoms with van der Waals surface area (Å²) in [5.41, 5.74) is 5.18. The van der Waals surface area contributed by atoms with Gasteiger partial charge >= 0.3 is 0 Å². The van der Waals surface area contributed by atoms with Crippen molar-refractivity contribution >= 4 is 50.1 Å². The number of benzene rings is 2. The van der Waals surface area contributed by atoms with Crippen LogP contribution in [0.1, 0.15) is 17.2 Å². The molecule has 5 heteroatoms. The predicted octanol–water partition coefficient (Wildman–Crippen LogP) is 4.45. The Balaban J connectivity index is 2.27. The number of hydrazine groups is 1. The molecule has 0 amide bonds. The third-order valence-electron chi connectivity index (χ3n) is 2.86. The summed E-state index contributed by atoms with van der Waals surface area (Å²) >= 11 is 11.9. The minimum atomic E-state index is 0.0440. The molecule has 0 aliphatic carbocycles. The Morgan fingerprint density at radius 1 is 1.26 bits per heavy atom. The maximum absolute atomic E-state index is 6.01. The van der Waals surface area contributed by atoms with Crippen molar-refractivity contribution in [3.63, 3.8) is 0 Å². The van der Waals surface area contributed by atoms with Gasteiger partial charge in [0, 0.05) is 13.1 Å². The second kappa shape index (κ2) is 7.04. The fourth-order valence-corrected chi connectivity index (χ4v) is 3.19. The van der Waals surface area contributed by atoms with Crippen LogP contribution >= 0.6 is 50.1 Å². The molecule has 0 aliphatic rings. The molecule has 19 heavy (non-hydrogen) atoms. The van der Waals surface area contributed by atoms with Gasteiger partial charge in [0.25, 0.3) is 0 Å². The highest BCUT2D eigenvalue weighted by Crippen LogP contribution is 2.28. The first kappa shape index (κ1) is 15.3. The third-order valence-corrected chi connectivity index (χ3v) is 4.49. The van der Waals surface area contributed by atoms with Gasteiger partial charge in [0.15, 0.2) is 0 Å². The number of hydrogen-bond acceptors (Lipinski definition) is 2. The van der Waals surface area contributed by atoms with Crippen LogP contribution < -0.4 is 11.3 Å². The first-order valence-corrected chi connectivity index (χ1v) is 8.00. The molecule has 0 fully saturated rings. The summed E-state index contributed by atoms with van der Waals surface area (Å²) in [6, 6.07) is 14.1. The van der Waals surface area contributed by atoms with Crippen LogP contribution in [0.4, 0.5) is 0 Å². The summed E-state index contributed by atoms with van der Waals surface area (Å²) in [4.78, 5) is 0. The van der Waals surface area contributed by atoms with Crippen LogP contribution in [0.3, 0.4) is 0 Å². The van der Waals surface area contributed by atoms with E-state index >= 15 is 0 Å². The summed E-state index contributed by atoms with van der Waals surface area (Å²) in [6.45, 7) is 0. The second-order valence-corrected chi connectivity index (χ2v) is 6.76. The monoisotopic (exact) mass is 450 g/mol. The molecule has 0 radical (unpaired) electrons. The molecule has 2 aromatic carbocycles. The van der Waals surface area contributed by atoms with E-state index in [-0.39, 0.29) is 6.04 Å². The van der Waals surface area contributed by atoms with Gasteiger partial charge in [-0.1, -0.05) is 39.7 Å². The van der Waals surface area contributed by atoms with Gasteiger partial charge in [0.05, 0.1) is 6.04 Å². The molecule has 2 nitrogen and oxygen atoms in total. The molecule has 3 N–H and O–H groups in total. The molecular formula is C14H13BrClIN2. The Hall–Kier alpha value is -0.140. The number of rotatable bonds is 4. The van der Waals surface area contributed by atoms with E-state index in [1.54, 1.807) is 0 Å². The fourth-order valence-electron chi connectivity index (χ4n) is 1.94. The molecule has 0 saturated carbocycles. The van der Waals surface area contributed by atoms with E-state index in [1.165, 1.54) is 3.57 Å². The van der Waals surface area contributed by atoms with Crippen LogP contribution in [-0.2, 0) is 6.42 Å². The van der Waals surface area contributed by atoms with Gasteiger partial charge < -0.3 is 0 Å². The van der Waals surface area contributed by atoms with Gasteiger partial charge in [0.1, 0.15) is 0 Å². The van der Waals surface area contributed by atoms with Crippen molar-refractivity contribution in [2.45, 2.75) is 12.5 Å². The average Bonchev–Trinajstić information content (AvgIpc) is 2.39. The maximum Gasteiger partial charge on any atom is 0.0511 e. The zero-order valence-electron chi connectivity index (χ0n) is 10.0. The van der Waals surface area contributed by atoms with E-state index in [4.69, 9.17) is 17.4 Å². The second-order valence-electron chi connectivity index (χ2n) is 4.22. The van der Waals surface area contributed by atoms with Crippen LogP contribution in [-0.4, -0.2) is 0 Å². The Morgan fingerprint density at radius 3 is 2.74 bits per heavy atom. The van der Waals surface area contributed by atoms with Crippen LogP contribution in [0.15, 0.2) is 46.9 Å². The molecule has 0 saturated heterocycles. The standard InChI is InChI=1S/C14H13BrClIN2/c15-13-5-4-11(17)8-12(13)14(19-18)7-9-2-1-3-10(16)6-9/h1-6,8,14,19H,7,18H2. The zero-order chi connectivity index (χ0) is 13.8. The molecule has 0 bridgehead atoms. The molecule has 2 aromatic rings. The highest BCUT2D eigenvalue weighted by atomic mass is 127. The Labute approximate surface area is 140 Å². The molecule has 1 unspecified atom stereocenters. The highest BCUT2D eigenvalue weighted by Gasteiger charge is 2.14. The minimum absolute atomic E-state index is 0.0440. The maximum atomic E-state index is 6.01. The van der Waals surface area contributed by atoms with Gasteiger partial charge in [0.2, 0.25) is 0 Å². The molecule has 0 spiro atoms. The number of nitrogens with two attached hydrogens (primary N) is 1. The van der Waals surface area contributed by atoms with E-state index in [1.807, 2.05) is 24.3 Å². The van der Waals surface area contributed by atoms with Crippen molar-refractivity contribution in [1.29, 1.82) is 0 Å². The lowest BCUT2D eigenvalue weighted by atomic mass is 9.99. The lowest BCUT2D eigenvalue weighted by Crippen LogP contribution is -2.30. The summed E-state index contributed by atoms with van der Waals surface area (Å²) in [6.07, 6.45) is 0.787. The highest BCUT2D eigenvalue weighted by molar-refractivity contribution is 14.1. The molecule has 1 atom stereocenters. The largest absolute Gasteiger partial charge is 0.271 e. The molecule has 0 aliphatic heterocycles. The van der Waals surface area contributed by atoms with E-state index in [0.29, 0.717) is 0 Å². The van der Waals surface area contributed by atoms with Crippen LogP contribution in [0.5, 0.6) is 0 Å². The average molecular weight is 452 g/mol. The van der Waals surface area contributed by atoms with Gasteiger partial charge in [-0.05, 0) is 70.5 Å². The summed E-state index contributed by atoms with van der Waals surface area (Å²) in [5.74, 6) is 5.70. The molecule has 0 aromatic heterocycles. The van der Waals surface area contributed by atoms with E-state index < -0.39 is 0 Å². The van der Waals surface area contributed by atoms with Crippen LogP contribution in [0, 0.1) is 3.57 Å². The Kier molecular flexibility index (Phi) is 5.65. The van der Waals surface area contributed by atoms with Crippen molar-refractivity contribution in [2.24, 2.45) is 5.84 Å². The molecule has 0 heterocycles. The first-order chi connectivity index (χ1) is 9.10. The quantitative estimate of drug-likeness (QED) is 0.409. The summed E-state index contributed by atoms with van der Waals surface area (Å²) in [7, 11) is 0. The molecular weight excluding hydrogens is 438 g/mol. The lowest BCUT2D eigenvalue weighted by molar-refractivity contribution is 0.550. The van der Waals surface area contributed by atoms with Crippen molar-refractivity contribution < 1.29 is 0 Å². The van der Waals surface area contributed by atoms with Gasteiger partial charge in [-0.2, -0.15) is 0 Å². The zero-order valence-corrected chi connectivity index (χ0v) is 14.5. The van der Waals surface area contributed by atoms with Gasteiger partial charge in [-0.25, -0.2) is 0 Å². The van der Waals surface area contributed by atoms with Crippen molar-refractivity contribution in [3.8, 4) is 0 Å².